The molecule has 2 aliphatic rings. The van der Waals surface area contributed by atoms with Crippen molar-refractivity contribution >= 4 is 12.0 Å². The lowest BCUT2D eigenvalue weighted by atomic mass is 10.2. The normalized spacial score (nSPS) is 20.4. The lowest BCUT2D eigenvalue weighted by Crippen LogP contribution is -2.40. The van der Waals surface area contributed by atoms with Crippen molar-refractivity contribution in [2.24, 2.45) is 0 Å². The van der Waals surface area contributed by atoms with Crippen LogP contribution in [0.1, 0.15) is 25.3 Å². The number of carbonyl (C=O) groups excluding carboxylic acids is 1. The first-order chi connectivity index (χ1) is 12.2. The molecule has 1 fully saturated rings. The highest BCUT2D eigenvalue weighted by molar-refractivity contribution is 5.92. The highest BCUT2D eigenvalue weighted by atomic mass is 16.6. The van der Waals surface area contributed by atoms with Gasteiger partial charge in [-0.15, -0.1) is 0 Å². The minimum atomic E-state index is -0.134. The number of benzene rings is 1. The Bertz CT molecular complexity index is 632. The van der Waals surface area contributed by atoms with Gasteiger partial charge in [-0.05, 0) is 25.3 Å². The molecule has 3 rings (SSSR count). The van der Waals surface area contributed by atoms with Crippen LogP contribution in [0.5, 0.6) is 0 Å². The summed E-state index contributed by atoms with van der Waals surface area (Å²) >= 11 is 0. The molecule has 5 heteroatoms. The predicted octanol–water partition coefficient (Wildman–Crippen LogP) is 2.99. The van der Waals surface area contributed by atoms with E-state index in [4.69, 9.17) is 14.2 Å². The summed E-state index contributed by atoms with van der Waals surface area (Å²) in [7, 11) is 0. The Morgan fingerprint density at radius 2 is 2.00 bits per heavy atom. The molecule has 0 spiro atoms. The van der Waals surface area contributed by atoms with Crippen molar-refractivity contribution in [1.29, 1.82) is 0 Å². The van der Waals surface area contributed by atoms with Crippen LogP contribution in [-0.4, -0.2) is 49.8 Å². The zero-order chi connectivity index (χ0) is 17.5. The average molecular weight is 343 g/mol. The summed E-state index contributed by atoms with van der Waals surface area (Å²) in [6.07, 6.45) is 6.16. The number of hydrogen-bond donors (Lipinski definition) is 0. The number of carbonyl (C=O) groups is 1. The Balaban J connectivity index is 1.70. The van der Waals surface area contributed by atoms with Gasteiger partial charge in [0.25, 0.3) is 5.91 Å². The summed E-state index contributed by atoms with van der Waals surface area (Å²) in [5.41, 5.74) is 1.11. The first kappa shape index (κ1) is 17.5. The van der Waals surface area contributed by atoms with Crippen molar-refractivity contribution < 1.29 is 19.0 Å². The van der Waals surface area contributed by atoms with Crippen LogP contribution in [0, 0.1) is 0 Å². The molecule has 1 aromatic rings. The van der Waals surface area contributed by atoms with E-state index < -0.39 is 0 Å². The van der Waals surface area contributed by atoms with Crippen molar-refractivity contribution in [3.63, 3.8) is 0 Å². The van der Waals surface area contributed by atoms with Crippen LogP contribution in [-0.2, 0) is 19.0 Å². The van der Waals surface area contributed by atoms with Crippen LogP contribution in [0.15, 0.2) is 47.9 Å². The van der Waals surface area contributed by atoms with E-state index >= 15 is 0 Å². The smallest absolute Gasteiger partial charge is 0.292 e. The van der Waals surface area contributed by atoms with Crippen LogP contribution in [0.25, 0.3) is 6.08 Å². The van der Waals surface area contributed by atoms with Gasteiger partial charge < -0.3 is 19.1 Å². The Hall–Kier alpha value is -2.27. The molecule has 1 saturated heterocycles. The van der Waals surface area contributed by atoms with E-state index in [0.717, 1.165) is 25.0 Å². The van der Waals surface area contributed by atoms with Crippen LogP contribution in [0.4, 0.5) is 0 Å². The topological polar surface area (TPSA) is 48.0 Å². The summed E-state index contributed by atoms with van der Waals surface area (Å²) < 4.78 is 16.7. The van der Waals surface area contributed by atoms with Gasteiger partial charge in [0, 0.05) is 19.7 Å². The second-order valence-corrected chi connectivity index (χ2v) is 6.24. The first-order valence-electron chi connectivity index (χ1n) is 8.83. The second kappa shape index (κ2) is 8.72. The molecule has 5 nitrogen and oxygen atoms in total. The molecular formula is C20H25NO4. The molecule has 1 aromatic carbocycles. The molecule has 0 aromatic heterocycles. The quantitative estimate of drug-likeness (QED) is 0.797. The fourth-order valence-corrected chi connectivity index (χ4v) is 3.02. The Morgan fingerprint density at radius 3 is 2.72 bits per heavy atom. The monoisotopic (exact) mass is 343 g/mol. The zero-order valence-electron chi connectivity index (χ0n) is 14.6. The number of ether oxygens (including phenoxy) is 3. The van der Waals surface area contributed by atoms with Crippen LogP contribution in [0.2, 0.25) is 0 Å². The van der Waals surface area contributed by atoms with Gasteiger partial charge in [-0.1, -0.05) is 42.5 Å². The Labute approximate surface area is 148 Å². The third kappa shape index (κ3) is 4.86. The number of allylic oxidation sites excluding steroid dienone is 1. The number of nitrogens with zero attached hydrogens (tertiary/aromatic N) is 1. The first-order valence-corrected chi connectivity index (χ1v) is 8.83. The fourth-order valence-electron chi connectivity index (χ4n) is 3.02. The molecule has 0 radical (unpaired) electrons. The van der Waals surface area contributed by atoms with E-state index in [0.29, 0.717) is 37.8 Å². The van der Waals surface area contributed by atoms with Crippen LogP contribution >= 0.6 is 0 Å². The van der Waals surface area contributed by atoms with Gasteiger partial charge >= 0.3 is 0 Å². The molecule has 2 aliphatic heterocycles. The summed E-state index contributed by atoms with van der Waals surface area (Å²) in [5, 5.41) is 0. The van der Waals surface area contributed by atoms with Gasteiger partial charge in [-0.3, -0.25) is 4.79 Å². The van der Waals surface area contributed by atoms with Crippen molar-refractivity contribution in [2.75, 3.05) is 32.9 Å². The summed E-state index contributed by atoms with van der Waals surface area (Å²) in [6.45, 7) is 4.52. The third-order valence-corrected chi connectivity index (χ3v) is 4.33. The zero-order valence-corrected chi connectivity index (χ0v) is 14.6. The van der Waals surface area contributed by atoms with Gasteiger partial charge in [0.2, 0.25) is 5.76 Å². The van der Waals surface area contributed by atoms with Crippen LogP contribution in [0.3, 0.4) is 0 Å². The lowest BCUT2D eigenvalue weighted by Gasteiger charge is -2.27. The molecule has 1 amide bonds. The molecule has 25 heavy (non-hydrogen) atoms. The number of rotatable bonds is 6. The Morgan fingerprint density at radius 1 is 1.20 bits per heavy atom. The Kier molecular flexibility index (Phi) is 6.12. The van der Waals surface area contributed by atoms with Gasteiger partial charge in [0.1, 0.15) is 19.0 Å². The van der Waals surface area contributed by atoms with Gasteiger partial charge in [0.15, 0.2) is 0 Å². The molecule has 1 atom stereocenters. The maximum Gasteiger partial charge on any atom is 0.292 e. The molecule has 0 N–H and O–H groups in total. The maximum atomic E-state index is 12.9. The van der Waals surface area contributed by atoms with Crippen molar-refractivity contribution in [3.8, 4) is 0 Å². The van der Waals surface area contributed by atoms with Gasteiger partial charge in [-0.2, -0.15) is 0 Å². The minimum Gasteiger partial charge on any atom is -0.491 e. The van der Waals surface area contributed by atoms with Gasteiger partial charge in [0.05, 0.1) is 6.10 Å². The van der Waals surface area contributed by atoms with E-state index in [1.54, 1.807) is 11.8 Å². The summed E-state index contributed by atoms with van der Waals surface area (Å²) in [6, 6.07) is 10.0. The molecular weight excluding hydrogens is 318 g/mol. The van der Waals surface area contributed by atoms with E-state index in [9.17, 15) is 4.79 Å². The molecule has 0 aliphatic carbocycles. The largest absolute Gasteiger partial charge is 0.491 e. The van der Waals surface area contributed by atoms with Crippen molar-refractivity contribution in [3.05, 3.63) is 53.5 Å². The third-order valence-electron chi connectivity index (χ3n) is 4.33. The minimum absolute atomic E-state index is 0.0968. The fraction of sp³-hybridized carbons (Fsp3) is 0.450. The molecule has 2 heterocycles. The highest BCUT2D eigenvalue weighted by Crippen LogP contribution is 2.19. The van der Waals surface area contributed by atoms with E-state index in [1.807, 2.05) is 42.5 Å². The second-order valence-electron chi connectivity index (χ2n) is 6.24. The van der Waals surface area contributed by atoms with Crippen molar-refractivity contribution in [1.82, 2.24) is 4.90 Å². The van der Waals surface area contributed by atoms with E-state index in [2.05, 4.69) is 0 Å². The standard InChI is InChI=1S/C20H25NO4/c1-16-19(25-14-13-23-16)20(22)21(15-18-10-6-12-24-18)11-5-9-17-7-3-2-4-8-17/h2-5,7-9,18H,6,10-15H2,1H3/b9-5+. The van der Waals surface area contributed by atoms with Gasteiger partial charge in [-0.25, -0.2) is 0 Å². The SMILES string of the molecule is CC1=C(C(=O)N(C/C=C/c2ccccc2)CC2CCCO2)OCCO1. The van der Waals surface area contributed by atoms with Crippen LogP contribution < -0.4 is 0 Å². The highest BCUT2D eigenvalue weighted by Gasteiger charge is 2.28. The van der Waals surface area contributed by atoms with E-state index in [1.165, 1.54) is 0 Å². The predicted molar refractivity (Wildman–Crippen MR) is 95.6 cm³/mol. The number of hydrogen-bond acceptors (Lipinski definition) is 4. The molecule has 0 bridgehead atoms. The molecule has 0 saturated carbocycles. The maximum absolute atomic E-state index is 12.9. The number of amides is 1. The van der Waals surface area contributed by atoms with E-state index in [-0.39, 0.29) is 12.0 Å². The van der Waals surface area contributed by atoms with Crippen molar-refractivity contribution in [2.45, 2.75) is 25.9 Å². The summed E-state index contributed by atoms with van der Waals surface area (Å²) in [5.74, 6) is 0.739. The summed E-state index contributed by atoms with van der Waals surface area (Å²) in [4.78, 5) is 14.7. The molecule has 1 unspecified atom stereocenters. The lowest BCUT2D eigenvalue weighted by molar-refractivity contribution is -0.133. The molecule has 134 valence electrons. The average Bonchev–Trinajstić information content (AvgIpc) is 3.15.